The Morgan fingerprint density at radius 3 is 3.07 bits per heavy atom. The Hall–Kier alpha value is -1.58. The lowest BCUT2D eigenvalue weighted by Gasteiger charge is -2.20. The van der Waals surface area contributed by atoms with Gasteiger partial charge in [0, 0.05) is 12.0 Å². The Kier molecular flexibility index (Phi) is 2.11. The van der Waals surface area contributed by atoms with Crippen molar-refractivity contribution < 1.29 is 19.0 Å². The molecule has 1 atom stereocenters. The average Bonchev–Trinajstić information content (AvgIpc) is 2.17. The van der Waals surface area contributed by atoms with E-state index in [1.165, 1.54) is 18.2 Å². The van der Waals surface area contributed by atoms with Crippen molar-refractivity contribution in [1.82, 2.24) is 0 Å². The summed E-state index contributed by atoms with van der Waals surface area (Å²) in [6, 6.07) is 4.23. The summed E-state index contributed by atoms with van der Waals surface area (Å²) in [7, 11) is 0. The van der Waals surface area contributed by atoms with Crippen LogP contribution in [0.15, 0.2) is 18.2 Å². The van der Waals surface area contributed by atoms with Crippen molar-refractivity contribution in [3.05, 3.63) is 29.3 Å². The van der Waals surface area contributed by atoms with Gasteiger partial charge in [-0.25, -0.2) is 9.18 Å². The number of alkyl halides is 1. The minimum absolute atomic E-state index is 0.123. The summed E-state index contributed by atoms with van der Waals surface area (Å²) in [6.07, 6.45) is -0.707. The van der Waals surface area contributed by atoms with Gasteiger partial charge in [0.05, 0.1) is 12.2 Å². The first kappa shape index (κ1) is 8.99. The van der Waals surface area contributed by atoms with Crippen LogP contribution in [-0.4, -0.2) is 17.7 Å². The summed E-state index contributed by atoms with van der Waals surface area (Å²) < 4.78 is 18.5. The van der Waals surface area contributed by atoms with Crippen molar-refractivity contribution in [2.75, 3.05) is 6.61 Å². The molecule has 0 saturated carbocycles. The fourth-order valence-electron chi connectivity index (χ4n) is 1.48. The molecule has 0 bridgehead atoms. The van der Waals surface area contributed by atoms with E-state index in [-0.39, 0.29) is 5.56 Å². The number of hydrogen-bond acceptors (Lipinski definition) is 2. The number of rotatable bonds is 1. The molecule has 0 amide bonds. The number of hydrogen-bond donors (Lipinski definition) is 1. The maximum absolute atomic E-state index is 13.3. The minimum Gasteiger partial charge on any atom is -0.493 e. The number of fused-ring (bicyclic) bond motifs is 1. The van der Waals surface area contributed by atoms with Gasteiger partial charge >= 0.3 is 5.97 Å². The molecule has 1 aromatic rings. The number of carboxylic acid groups (broad SMARTS) is 1. The number of carboxylic acids is 1. The van der Waals surface area contributed by atoms with Gasteiger partial charge in [-0.2, -0.15) is 0 Å². The summed E-state index contributed by atoms with van der Waals surface area (Å²) in [6.45, 7) is 0.303. The molecule has 0 fully saturated rings. The molecule has 0 spiro atoms. The topological polar surface area (TPSA) is 46.5 Å². The highest BCUT2D eigenvalue weighted by Gasteiger charge is 2.21. The number of halogens is 1. The van der Waals surface area contributed by atoms with Gasteiger partial charge in [-0.3, -0.25) is 0 Å². The summed E-state index contributed by atoms with van der Waals surface area (Å²) in [5.41, 5.74) is 0.569. The van der Waals surface area contributed by atoms with Crippen LogP contribution >= 0.6 is 0 Å². The van der Waals surface area contributed by atoms with Crippen LogP contribution in [0, 0.1) is 0 Å². The molecular formula is C10H9FO3. The van der Waals surface area contributed by atoms with E-state index in [1.807, 2.05) is 0 Å². The second kappa shape index (κ2) is 3.29. The Morgan fingerprint density at radius 2 is 2.36 bits per heavy atom. The van der Waals surface area contributed by atoms with Crippen molar-refractivity contribution >= 4 is 5.97 Å². The van der Waals surface area contributed by atoms with Crippen molar-refractivity contribution in [2.45, 2.75) is 12.6 Å². The van der Waals surface area contributed by atoms with Gasteiger partial charge in [0.25, 0.3) is 0 Å². The Labute approximate surface area is 80.1 Å². The van der Waals surface area contributed by atoms with Crippen molar-refractivity contribution in [1.29, 1.82) is 0 Å². The summed E-state index contributed by atoms with van der Waals surface area (Å²) >= 11 is 0. The molecule has 0 saturated heterocycles. The van der Waals surface area contributed by atoms with Gasteiger partial charge in [0.15, 0.2) is 0 Å². The van der Waals surface area contributed by atoms with Gasteiger partial charge in [-0.15, -0.1) is 0 Å². The molecule has 1 unspecified atom stereocenters. The minimum atomic E-state index is -1.04. The Balaban J connectivity index is 2.44. The van der Waals surface area contributed by atoms with Crippen LogP contribution in [0.5, 0.6) is 5.75 Å². The smallest absolute Gasteiger partial charge is 0.335 e. The van der Waals surface area contributed by atoms with Gasteiger partial charge in [-0.1, -0.05) is 6.07 Å². The number of aromatic carboxylic acids is 1. The first-order valence-electron chi connectivity index (χ1n) is 4.32. The van der Waals surface area contributed by atoms with Crippen molar-refractivity contribution in [3.63, 3.8) is 0 Å². The van der Waals surface area contributed by atoms with E-state index in [9.17, 15) is 9.18 Å². The summed E-state index contributed by atoms with van der Waals surface area (Å²) in [5, 5.41) is 8.70. The van der Waals surface area contributed by atoms with Gasteiger partial charge < -0.3 is 9.84 Å². The maximum Gasteiger partial charge on any atom is 0.335 e. The molecule has 4 heteroatoms. The van der Waals surface area contributed by atoms with Crippen molar-refractivity contribution in [2.24, 2.45) is 0 Å². The lowest BCUT2D eigenvalue weighted by Crippen LogP contribution is -2.12. The van der Waals surface area contributed by atoms with Gasteiger partial charge in [0.1, 0.15) is 11.9 Å². The predicted molar refractivity (Wildman–Crippen MR) is 47.4 cm³/mol. The van der Waals surface area contributed by atoms with E-state index >= 15 is 0 Å². The number of benzene rings is 1. The predicted octanol–water partition coefficient (Wildman–Crippen LogP) is 2.18. The third-order valence-corrected chi connectivity index (χ3v) is 2.23. The fourth-order valence-corrected chi connectivity index (χ4v) is 1.48. The molecule has 14 heavy (non-hydrogen) atoms. The monoisotopic (exact) mass is 196 g/mol. The van der Waals surface area contributed by atoms with Crippen LogP contribution in [0.2, 0.25) is 0 Å². The summed E-state index contributed by atoms with van der Waals surface area (Å²) in [4.78, 5) is 10.6. The molecule has 3 nitrogen and oxygen atoms in total. The molecule has 1 aromatic carbocycles. The van der Waals surface area contributed by atoms with E-state index in [0.29, 0.717) is 24.3 Å². The van der Waals surface area contributed by atoms with Gasteiger partial charge in [-0.05, 0) is 12.1 Å². The molecule has 1 aliphatic rings. The second-order valence-electron chi connectivity index (χ2n) is 3.16. The highest BCUT2D eigenvalue weighted by Crippen LogP contribution is 2.34. The Bertz CT molecular complexity index is 376. The number of carbonyl (C=O) groups is 1. The second-order valence-corrected chi connectivity index (χ2v) is 3.16. The van der Waals surface area contributed by atoms with E-state index < -0.39 is 12.1 Å². The highest BCUT2D eigenvalue weighted by atomic mass is 19.1. The van der Waals surface area contributed by atoms with Crippen LogP contribution in [0.1, 0.15) is 28.5 Å². The highest BCUT2D eigenvalue weighted by molar-refractivity contribution is 5.88. The summed E-state index contributed by atoms with van der Waals surface area (Å²) in [5.74, 6) is -0.680. The van der Waals surface area contributed by atoms with Crippen LogP contribution < -0.4 is 4.74 Å². The molecule has 0 aromatic heterocycles. The zero-order valence-corrected chi connectivity index (χ0v) is 7.37. The lowest BCUT2D eigenvalue weighted by atomic mass is 10.0. The van der Waals surface area contributed by atoms with E-state index in [1.54, 1.807) is 0 Å². The molecule has 0 radical (unpaired) electrons. The quantitative estimate of drug-likeness (QED) is 0.748. The largest absolute Gasteiger partial charge is 0.493 e. The third kappa shape index (κ3) is 1.43. The first-order chi connectivity index (χ1) is 6.68. The molecule has 74 valence electrons. The Morgan fingerprint density at radius 1 is 1.57 bits per heavy atom. The van der Waals surface area contributed by atoms with E-state index in [2.05, 4.69) is 0 Å². The van der Waals surface area contributed by atoms with E-state index in [4.69, 9.17) is 9.84 Å². The molecule has 1 aliphatic heterocycles. The zero-order valence-electron chi connectivity index (χ0n) is 7.37. The average molecular weight is 196 g/mol. The SMILES string of the molecule is O=C(O)c1ccc2c(c1)OCCC2F. The first-order valence-corrected chi connectivity index (χ1v) is 4.32. The molecule has 0 aliphatic carbocycles. The molecular weight excluding hydrogens is 187 g/mol. The maximum atomic E-state index is 13.3. The zero-order chi connectivity index (χ0) is 10.1. The standard InChI is InChI=1S/C10H9FO3/c11-8-3-4-14-9-5-6(10(12)13)1-2-7(8)9/h1-2,5,8H,3-4H2,(H,12,13). The van der Waals surface area contributed by atoms with Crippen LogP contribution in [0.25, 0.3) is 0 Å². The molecule has 1 heterocycles. The van der Waals surface area contributed by atoms with E-state index in [0.717, 1.165) is 0 Å². The number of ether oxygens (including phenoxy) is 1. The lowest BCUT2D eigenvalue weighted by molar-refractivity contribution is 0.0695. The molecule has 1 N–H and O–H groups in total. The van der Waals surface area contributed by atoms with Crippen molar-refractivity contribution in [3.8, 4) is 5.75 Å². The van der Waals surface area contributed by atoms with Crippen LogP contribution in [-0.2, 0) is 0 Å². The molecule has 2 rings (SSSR count). The van der Waals surface area contributed by atoms with Crippen LogP contribution in [0.4, 0.5) is 4.39 Å². The van der Waals surface area contributed by atoms with Gasteiger partial charge in [0.2, 0.25) is 0 Å². The van der Waals surface area contributed by atoms with Crippen LogP contribution in [0.3, 0.4) is 0 Å². The fraction of sp³-hybridized carbons (Fsp3) is 0.300. The third-order valence-electron chi connectivity index (χ3n) is 2.23. The normalized spacial score (nSPS) is 19.6.